The molecule has 0 saturated heterocycles. The van der Waals surface area contributed by atoms with Crippen molar-refractivity contribution >= 4 is 23.4 Å². The van der Waals surface area contributed by atoms with Gasteiger partial charge in [-0.15, -0.1) is 23.4 Å². The molecule has 1 aliphatic rings. The predicted molar refractivity (Wildman–Crippen MR) is 88.6 cm³/mol. The second-order valence-electron chi connectivity index (χ2n) is 5.35. The molecule has 2 atom stereocenters. The Labute approximate surface area is 130 Å². The molecule has 0 bridgehead atoms. The van der Waals surface area contributed by atoms with Gasteiger partial charge >= 0.3 is 0 Å². The number of halogens is 1. The van der Waals surface area contributed by atoms with Crippen molar-refractivity contribution in [2.24, 2.45) is 5.92 Å². The highest BCUT2D eigenvalue weighted by atomic mass is 35.5. The third-order valence-corrected chi connectivity index (χ3v) is 5.69. The zero-order chi connectivity index (χ0) is 13.8. The van der Waals surface area contributed by atoms with Crippen molar-refractivity contribution in [3.05, 3.63) is 65.7 Å². The van der Waals surface area contributed by atoms with E-state index in [1.807, 2.05) is 11.8 Å². The molecular weight excluding hydrogens is 284 g/mol. The largest absolute Gasteiger partial charge is 0.126 e. The van der Waals surface area contributed by atoms with Gasteiger partial charge in [0.2, 0.25) is 0 Å². The van der Waals surface area contributed by atoms with E-state index in [0.29, 0.717) is 5.92 Å². The van der Waals surface area contributed by atoms with Crippen molar-refractivity contribution in [1.82, 2.24) is 0 Å². The average Bonchev–Trinajstić information content (AvgIpc) is 2.51. The van der Waals surface area contributed by atoms with Gasteiger partial charge in [0, 0.05) is 4.90 Å². The highest BCUT2D eigenvalue weighted by Gasteiger charge is 2.27. The van der Waals surface area contributed by atoms with Crippen LogP contribution in [0.25, 0.3) is 0 Å². The van der Waals surface area contributed by atoms with Gasteiger partial charge in [-0.05, 0) is 54.2 Å². The lowest BCUT2D eigenvalue weighted by Crippen LogP contribution is -2.17. The molecule has 0 N–H and O–H groups in total. The summed E-state index contributed by atoms with van der Waals surface area (Å²) in [6.07, 6.45) is 3.60. The minimum atomic E-state index is 0.191. The highest BCUT2D eigenvalue weighted by molar-refractivity contribution is 7.99. The lowest BCUT2D eigenvalue weighted by molar-refractivity contribution is 0.434. The van der Waals surface area contributed by atoms with Crippen LogP contribution < -0.4 is 0 Å². The van der Waals surface area contributed by atoms with Crippen molar-refractivity contribution in [1.29, 1.82) is 0 Å². The molecule has 1 aliphatic carbocycles. The minimum absolute atomic E-state index is 0.191. The first kappa shape index (κ1) is 14.0. The van der Waals surface area contributed by atoms with Crippen LogP contribution in [0.15, 0.2) is 59.5 Å². The molecule has 0 radical (unpaired) electrons. The summed E-state index contributed by atoms with van der Waals surface area (Å²) in [4.78, 5) is 1.36. The Morgan fingerprint density at radius 3 is 2.60 bits per heavy atom. The second-order valence-corrected chi connectivity index (χ2v) is 6.99. The number of benzene rings is 2. The maximum absolute atomic E-state index is 6.69. The number of fused-ring (bicyclic) bond motifs is 1. The molecule has 2 aromatic carbocycles. The van der Waals surface area contributed by atoms with Crippen LogP contribution in [0.2, 0.25) is 0 Å². The molecule has 0 nitrogen and oxygen atoms in total. The highest BCUT2D eigenvalue weighted by Crippen LogP contribution is 2.41. The monoisotopic (exact) mass is 302 g/mol. The van der Waals surface area contributed by atoms with Gasteiger partial charge in [0.25, 0.3) is 0 Å². The third kappa shape index (κ3) is 3.21. The van der Waals surface area contributed by atoms with Gasteiger partial charge in [-0.2, -0.15) is 0 Å². The van der Waals surface area contributed by atoms with Gasteiger partial charge in [-0.25, -0.2) is 0 Å². The van der Waals surface area contributed by atoms with E-state index < -0.39 is 0 Å². The van der Waals surface area contributed by atoms with Crippen LogP contribution in [0, 0.1) is 5.92 Å². The van der Waals surface area contributed by atoms with Gasteiger partial charge in [0.1, 0.15) is 0 Å². The number of thioether (sulfide) groups is 1. The summed E-state index contributed by atoms with van der Waals surface area (Å²) >= 11 is 8.62. The average molecular weight is 303 g/mol. The van der Waals surface area contributed by atoms with Gasteiger partial charge < -0.3 is 0 Å². The second kappa shape index (κ2) is 6.69. The summed E-state index contributed by atoms with van der Waals surface area (Å²) < 4.78 is 0. The number of alkyl halides is 1. The maximum atomic E-state index is 6.69. The van der Waals surface area contributed by atoms with Crippen LogP contribution in [0.3, 0.4) is 0 Å². The first-order valence-electron chi connectivity index (χ1n) is 7.24. The Hall–Kier alpha value is -0.920. The Balaban J connectivity index is 1.57. The molecule has 2 heteroatoms. The smallest absolute Gasteiger partial charge is 0.0616 e. The zero-order valence-electron chi connectivity index (χ0n) is 11.5. The van der Waals surface area contributed by atoms with Crippen molar-refractivity contribution in [2.45, 2.75) is 29.5 Å². The standard InChI is InChI=1S/C18H19ClS/c19-18-15(11-10-14-6-4-5-9-17(14)18)12-13-20-16-7-2-1-3-8-16/h1-9,15,18H,10-13H2. The topological polar surface area (TPSA) is 0 Å². The van der Waals surface area contributed by atoms with Gasteiger partial charge in [-0.1, -0.05) is 42.5 Å². The molecule has 2 aromatic rings. The first-order valence-corrected chi connectivity index (χ1v) is 8.66. The molecule has 0 spiro atoms. The van der Waals surface area contributed by atoms with Gasteiger partial charge in [0.15, 0.2) is 0 Å². The zero-order valence-corrected chi connectivity index (χ0v) is 13.0. The quantitative estimate of drug-likeness (QED) is 0.515. The van der Waals surface area contributed by atoms with E-state index in [2.05, 4.69) is 54.6 Å². The fraction of sp³-hybridized carbons (Fsp3) is 0.333. The van der Waals surface area contributed by atoms with E-state index >= 15 is 0 Å². The van der Waals surface area contributed by atoms with E-state index in [-0.39, 0.29) is 5.38 Å². The molecule has 20 heavy (non-hydrogen) atoms. The van der Waals surface area contributed by atoms with Crippen molar-refractivity contribution in [3.8, 4) is 0 Å². The predicted octanol–water partition coefficient (Wildman–Crippen LogP) is 5.71. The summed E-state index contributed by atoms with van der Waals surface area (Å²) in [5.74, 6) is 1.77. The van der Waals surface area contributed by atoms with Crippen molar-refractivity contribution in [3.63, 3.8) is 0 Å². The molecule has 0 heterocycles. The third-order valence-electron chi connectivity index (χ3n) is 4.05. The maximum Gasteiger partial charge on any atom is 0.0616 e. The van der Waals surface area contributed by atoms with Crippen molar-refractivity contribution < 1.29 is 0 Å². The Kier molecular flexibility index (Phi) is 4.69. The number of hydrogen-bond donors (Lipinski definition) is 0. The molecule has 0 saturated carbocycles. The van der Waals surface area contributed by atoms with Gasteiger partial charge in [0.05, 0.1) is 5.38 Å². The van der Waals surface area contributed by atoms with Crippen LogP contribution in [0.1, 0.15) is 29.3 Å². The van der Waals surface area contributed by atoms with E-state index in [9.17, 15) is 0 Å². The molecular formula is C18H19ClS. The van der Waals surface area contributed by atoms with E-state index in [4.69, 9.17) is 11.6 Å². The Morgan fingerprint density at radius 1 is 1.00 bits per heavy atom. The van der Waals surface area contributed by atoms with Crippen LogP contribution in [0.5, 0.6) is 0 Å². The number of aryl methyl sites for hydroxylation is 1. The summed E-state index contributed by atoms with van der Waals surface area (Å²) in [6, 6.07) is 19.3. The minimum Gasteiger partial charge on any atom is -0.126 e. The van der Waals surface area contributed by atoms with E-state index in [1.165, 1.54) is 35.3 Å². The number of rotatable bonds is 4. The lowest BCUT2D eigenvalue weighted by Gasteiger charge is -2.29. The molecule has 2 unspecified atom stereocenters. The van der Waals surface area contributed by atoms with Crippen molar-refractivity contribution in [2.75, 3.05) is 5.75 Å². The summed E-state index contributed by atoms with van der Waals surface area (Å²) in [5, 5.41) is 0.191. The van der Waals surface area contributed by atoms with Crippen LogP contribution in [-0.2, 0) is 6.42 Å². The van der Waals surface area contributed by atoms with Gasteiger partial charge in [-0.3, -0.25) is 0 Å². The Bertz CT molecular complexity index is 552. The fourth-order valence-electron chi connectivity index (χ4n) is 2.91. The first-order chi connectivity index (χ1) is 9.84. The summed E-state index contributed by atoms with van der Waals surface area (Å²) in [5.41, 5.74) is 2.80. The molecule has 0 fully saturated rings. The number of hydrogen-bond acceptors (Lipinski definition) is 1. The van der Waals surface area contributed by atoms with E-state index in [0.717, 1.165) is 5.75 Å². The molecule has 0 aromatic heterocycles. The SMILES string of the molecule is ClC1c2ccccc2CCC1CCSc1ccccc1. The molecule has 0 amide bonds. The Morgan fingerprint density at radius 2 is 1.75 bits per heavy atom. The van der Waals surface area contributed by atoms with Crippen LogP contribution >= 0.6 is 23.4 Å². The fourth-order valence-corrected chi connectivity index (χ4v) is 4.38. The normalized spacial score (nSPS) is 21.4. The molecule has 104 valence electrons. The molecule has 3 rings (SSSR count). The summed E-state index contributed by atoms with van der Waals surface area (Å²) in [6.45, 7) is 0. The summed E-state index contributed by atoms with van der Waals surface area (Å²) in [7, 11) is 0. The van der Waals surface area contributed by atoms with Crippen LogP contribution in [0.4, 0.5) is 0 Å². The van der Waals surface area contributed by atoms with Crippen LogP contribution in [-0.4, -0.2) is 5.75 Å². The molecule has 0 aliphatic heterocycles. The lowest BCUT2D eigenvalue weighted by atomic mass is 9.82. The van der Waals surface area contributed by atoms with E-state index in [1.54, 1.807) is 0 Å².